The smallest absolute Gasteiger partial charge is 0.239 e. The summed E-state index contributed by atoms with van der Waals surface area (Å²) in [5, 5.41) is 5.54. The van der Waals surface area contributed by atoms with Crippen molar-refractivity contribution in [1.82, 2.24) is 10.3 Å². The molecule has 84 valence electrons. The van der Waals surface area contributed by atoms with Gasteiger partial charge in [0.1, 0.15) is 5.82 Å². The number of nitrogens with zero attached hydrogens (tertiary/aromatic N) is 1. The minimum Gasteiger partial charge on any atom is -0.311 e. The van der Waals surface area contributed by atoms with Gasteiger partial charge in [-0.1, -0.05) is 13.0 Å². The largest absolute Gasteiger partial charge is 0.311 e. The Kier molecular flexibility index (Phi) is 6.66. The van der Waals surface area contributed by atoms with Gasteiger partial charge in [-0.3, -0.25) is 4.79 Å². The molecule has 0 fully saturated rings. The highest BCUT2D eigenvalue weighted by atomic mass is 35.5. The molecule has 0 aliphatic rings. The predicted molar refractivity (Wildman–Crippen MR) is 63.4 cm³/mol. The van der Waals surface area contributed by atoms with Crippen molar-refractivity contribution >= 4 is 24.1 Å². The van der Waals surface area contributed by atoms with Crippen LogP contribution in [-0.2, 0) is 11.2 Å². The highest BCUT2D eigenvalue weighted by Crippen LogP contribution is 2.11. The van der Waals surface area contributed by atoms with Crippen molar-refractivity contribution < 1.29 is 4.79 Å². The average molecular weight is 230 g/mol. The molecule has 0 aliphatic heterocycles. The number of pyridine rings is 1. The average Bonchev–Trinajstić information content (AvgIpc) is 2.19. The number of hydrogen-bond donors (Lipinski definition) is 2. The first kappa shape index (κ1) is 13.9. The number of hydrogen-bond acceptors (Lipinski definition) is 3. The molecule has 0 saturated carbocycles. The van der Waals surface area contributed by atoms with E-state index >= 15 is 0 Å². The van der Waals surface area contributed by atoms with Crippen LogP contribution in [0.15, 0.2) is 18.3 Å². The summed E-state index contributed by atoms with van der Waals surface area (Å²) in [5.41, 5.74) is 1.05. The Labute approximate surface area is 95.9 Å². The van der Waals surface area contributed by atoms with E-state index < -0.39 is 0 Å². The molecule has 0 spiro atoms. The predicted octanol–water partition coefficient (Wildman–Crippen LogP) is 1.22. The van der Waals surface area contributed by atoms with Gasteiger partial charge < -0.3 is 10.6 Å². The van der Waals surface area contributed by atoms with Crippen molar-refractivity contribution in [3.8, 4) is 0 Å². The molecule has 1 aromatic rings. The van der Waals surface area contributed by atoms with Crippen LogP contribution in [-0.4, -0.2) is 24.5 Å². The molecule has 5 heteroatoms. The Balaban J connectivity index is 0.00000196. The molecule has 4 nitrogen and oxygen atoms in total. The normalized spacial score (nSPS) is 9.20. The first-order valence-corrected chi connectivity index (χ1v) is 4.66. The quantitative estimate of drug-likeness (QED) is 0.817. The Bertz CT molecular complexity index is 317. The maximum atomic E-state index is 11.3. The second kappa shape index (κ2) is 7.20. The van der Waals surface area contributed by atoms with E-state index in [-0.39, 0.29) is 18.3 Å². The molecule has 1 heterocycles. The number of anilines is 1. The van der Waals surface area contributed by atoms with Gasteiger partial charge in [0.05, 0.1) is 6.54 Å². The van der Waals surface area contributed by atoms with Crippen LogP contribution < -0.4 is 10.6 Å². The van der Waals surface area contributed by atoms with E-state index in [2.05, 4.69) is 15.6 Å². The monoisotopic (exact) mass is 229 g/mol. The number of rotatable bonds is 4. The van der Waals surface area contributed by atoms with Gasteiger partial charge in [-0.2, -0.15) is 0 Å². The summed E-state index contributed by atoms with van der Waals surface area (Å²) < 4.78 is 0. The van der Waals surface area contributed by atoms with Gasteiger partial charge in [0.2, 0.25) is 5.91 Å². The first-order chi connectivity index (χ1) is 6.77. The topological polar surface area (TPSA) is 54.0 Å². The minimum absolute atomic E-state index is 0. The van der Waals surface area contributed by atoms with Crippen LogP contribution in [0.3, 0.4) is 0 Å². The standard InChI is InChI=1S/C10H15N3O.ClH/c1-3-8-5-4-6-12-10(8)13-9(14)7-11-2;/h4-6,11H,3,7H2,1-2H3,(H,12,13,14);1H. The molecule has 0 aromatic carbocycles. The Morgan fingerprint density at radius 2 is 2.27 bits per heavy atom. The summed E-state index contributed by atoms with van der Waals surface area (Å²) in [6, 6.07) is 3.83. The lowest BCUT2D eigenvalue weighted by Crippen LogP contribution is -2.25. The number of nitrogens with one attached hydrogen (secondary N) is 2. The minimum atomic E-state index is -0.0686. The number of amides is 1. The third-order valence-corrected chi connectivity index (χ3v) is 1.87. The van der Waals surface area contributed by atoms with Crippen molar-refractivity contribution in [2.24, 2.45) is 0 Å². The number of likely N-dealkylation sites (N-methyl/N-ethyl adjacent to an activating group) is 1. The van der Waals surface area contributed by atoms with Crippen LogP contribution in [0.1, 0.15) is 12.5 Å². The molecule has 1 rings (SSSR count). The van der Waals surface area contributed by atoms with Crippen LogP contribution in [0.2, 0.25) is 0 Å². The van der Waals surface area contributed by atoms with Gasteiger partial charge in [-0.25, -0.2) is 4.98 Å². The fraction of sp³-hybridized carbons (Fsp3) is 0.400. The zero-order valence-corrected chi connectivity index (χ0v) is 9.73. The summed E-state index contributed by atoms with van der Waals surface area (Å²) in [5.74, 6) is 0.594. The van der Waals surface area contributed by atoms with Gasteiger partial charge >= 0.3 is 0 Å². The van der Waals surface area contributed by atoms with Crippen molar-refractivity contribution in [1.29, 1.82) is 0 Å². The first-order valence-electron chi connectivity index (χ1n) is 4.66. The van der Waals surface area contributed by atoms with Crippen molar-refractivity contribution in [3.63, 3.8) is 0 Å². The van der Waals surface area contributed by atoms with Crippen LogP contribution in [0.5, 0.6) is 0 Å². The Hall–Kier alpha value is -1.13. The van der Waals surface area contributed by atoms with Crippen molar-refractivity contribution in [2.45, 2.75) is 13.3 Å². The van der Waals surface area contributed by atoms with Gasteiger partial charge in [0.25, 0.3) is 0 Å². The van der Waals surface area contributed by atoms with E-state index in [0.29, 0.717) is 12.4 Å². The second-order valence-corrected chi connectivity index (χ2v) is 2.94. The molecule has 0 bridgehead atoms. The zero-order chi connectivity index (χ0) is 10.4. The molecule has 0 aliphatic carbocycles. The molecule has 0 unspecified atom stereocenters. The van der Waals surface area contributed by atoms with Gasteiger partial charge in [-0.05, 0) is 25.1 Å². The number of carbonyl (C=O) groups is 1. The molecule has 2 N–H and O–H groups in total. The molecule has 0 radical (unpaired) electrons. The highest BCUT2D eigenvalue weighted by molar-refractivity contribution is 5.91. The fourth-order valence-corrected chi connectivity index (χ4v) is 1.17. The van der Waals surface area contributed by atoms with Crippen LogP contribution in [0.4, 0.5) is 5.82 Å². The fourth-order valence-electron chi connectivity index (χ4n) is 1.17. The molecule has 0 saturated heterocycles. The number of aromatic nitrogens is 1. The number of halogens is 1. The summed E-state index contributed by atoms with van der Waals surface area (Å²) >= 11 is 0. The van der Waals surface area contributed by atoms with E-state index in [1.807, 2.05) is 19.1 Å². The zero-order valence-electron chi connectivity index (χ0n) is 8.91. The molecular formula is C10H16ClN3O. The molecular weight excluding hydrogens is 214 g/mol. The lowest BCUT2D eigenvalue weighted by molar-refractivity contribution is -0.115. The van der Waals surface area contributed by atoms with E-state index in [1.165, 1.54) is 0 Å². The van der Waals surface area contributed by atoms with Gasteiger partial charge in [0.15, 0.2) is 0 Å². The van der Waals surface area contributed by atoms with Crippen LogP contribution >= 0.6 is 12.4 Å². The van der Waals surface area contributed by atoms with Crippen molar-refractivity contribution in [3.05, 3.63) is 23.9 Å². The van der Waals surface area contributed by atoms with E-state index in [1.54, 1.807) is 13.2 Å². The number of aryl methyl sites for hydroxylation is 1. The van der Waals surface area contributed by atoms with E-state index in [0.717, 1.165) is 12.0 Å². The third kappa shape index (κ3) is 4.27. The third-order valence-electron chi connectivity index (χ3n) is 1.87. The molecule has 1 aromatic heterocycles. The van der Waals surface area contributed by atoms with E-state index in [4.69, 9.17) is 0 Å². The van der Waals surface area contributed by atoms with Crippen LogP contribution in [0.25, 0.3) is 0 Å². The Morgan fingerprint density at radius 3 is 2.87 bits per heavy atom. The summed E-state index contributed by atoms with van der Waals surface area (Å²) in [6.45, 7) is 2.34. The SMILES string of the molecule is CCc1cccnc1NC(=O)CNC.Cl. The maximum absolute atomic E-state index is 11.3. The summed E-state index contributed by atoms with van der Waals surface area (Å²) in [4.78, 5) is 15.4. The lowest BCUT2D eigenvalue weighted by Gasteiger charge is -2.07. The summed E-state index contributed by atoms with van der Waals surface area (Å²) in [6.07, 6.45) is 2.54. The summed E-state index contributed by atoms with van der Waals surface area (Å²) in [7, 11) is 1.73. The molecule has 1 amide bonds. The highest BCUT2D eigenvalue weighted by Gasteiger charge is 2.04. The Morgan fingerprint density at radius 1 is 1.53 bits per heavy atom. The van der Waals surface area contributed by atoms with Gasteiger partial charge in [0, 0.05) is 6.20 Å². The maximum Gasteiger partial charge on any atom is 0.239 e. The number of carbonyl (C=O) groups excluding carboxylic acids is 1. The van der Waals surface area contributed by atoms with E-state index in [9.17, 15) is 4.79 Å². The second-order valence-electron chi connectivity index (χ2n) is 2.94. The van der Waals surface area contributed by atoms with Crippen LogP contribution in [0, 0.1) is 0 Å². The lowest BCUT2D eigenvalue weighted by atomic mass is 10.2. The van der Waals surface area contributed by atoms with Crippen molar-refractivity contribution in [2.75, 3.05) is 18.9 Å². The van der Waals surface area contributed by atoms with Gasteiger partial charge in [-0.15, -0.1) is 12.4 Å². The molecule has 0 atom stereocenters. The molecule has 15 heavy (non-hydrogen) atoms.